The van der Waals surface area contributed by atoms with Gasteiger partial charge >= 0.3 is 0 Å². The molecule has 0 amide bonds. The molecule has 2 aromatic heterocycles. The van der Waals surface area contributed by atoms with Crippen molar-refractivity contribution in [1.82, 2.24) is 19.9 Å². The van der Waals surface area contributed by atoms with Gasteiger partial charge in [0, 0.05) is 45.4 Å². The number of nitrogens with zero attached hydrogens (tertiary/aromatic N) is 6. The minimum atomic E-state index is -0.0274. The first-order chi connectivity index (χ1) is 41.0. The zero-order valence-electron chi connectivity index (χ0n) is 48.3. The number of aryl methyl sites for hydroxylation is 6. The van der Waals surface area contributed by atoms with E-state index >= 15 is 0 Å². The van der Waals surface area contributed by atoms with Gasteiger partial charge in [-0.2, -0.15) is 0 Å². The second-order valence-corrected chi connectivity index (χ2v) is 22.0. The summed E-state index contributed by atoms with van der Waals surface area (Å²) in [5.41, 5.74) is 26.1. The molecule has 13 rings (SSSR count). The highest BCUT2D eigenvalue weighted by Crippen LogP contribution is 2.36. The lowest BCUT2D eigenvalue weighted by Gasteiger charge is -2.22. The molecule has 0 saturated heterocycles. The van der Waals surface area contributed by atoms with E-state index in [1.807, 2.05) is 36.4 Å². The van der Waals surface area contributed by atoms with Crippen molar-refractivity contribution >= 4 is 11.5 Å². The van der Waals surface area contributed by atoms with E-state index in [-0.39, 0.29) is 6.04 Å². The van der Waals surface area contributed by atoms with Gasteiger partial charge in [-0.25, -0.2) is 24.9 Å². The van der Waals surface area contributed by atoms with Crippen LogP contribution in [0.25, 0.3) is 90.1 Å². The third kappa shape index (κ3) is 12.7. The van der Waals surface area contributed by atoms with E-state index in [0.717, 1.165) is 96.4 Å². The fraction of sp³-hybridized carbons (Fsp3) is 0.103. The van der Waals surface area contributed by atoms with Crippen LogP contribution in [0, 0.1) is 41.5 Å². The Bertz CT molecular complexity index is 4240. The average molecular weight is 1090 g/mol. The maximum absolute atomic E-state index is 5.23. The fourth-order valence-electron chi connectivity index (χ4n) is 10.9. The molecule has 0 bridgehead atoms. The predicted octanol–water partition coefficient (Wildman–Crippen LogP) is 19.5. The van der Waals surface area contributed by atoms with E-state index in [1.165, 1.54) is 50.1 Å². The summed E-state index contributed by atoms with van der Waals surface area (Å²) in [6, 6.07) is 91.3. The van der Waals surface area contributed by atoms with Crippen LogP contribution in [-0.4, -0.2) is 31.5 Å². The van der Waals surface area contributed by atoms with Crippen LogP contribution in [0.4, 0.5) is 0 Å². The number of benzene rings is 10. The summed E-state index contributed by atoms with van der Waals surface area (Å²) in [7, 11) is 0. The molecule has 0 radical (unpaired) electrons. The van der Waals surface area contributed by atoms with Gasteiger partial charge in [0.15, 0.2) is 17.5 Å². The molecular weight excluding hydrogens is 1020 g/mol. The van der Waals surface area contributed by atoms with E-state index in [4.69, 9.17) is 29.9 Å². The maximum atomic E-state index is 5.23. The zero-order chi connectivity index (χ0) is 57.5. The molecule has 0 saturated carbocycles. The second kappa shape index (κ2) is 24.4. The molecule has 12 aromatic rings. The number of aromatic nitrogens is 4. The first-order valence-corrected chi connectivity index (χ1v) is 28.7. The topological polar surface area (TPSA) is 76.3 Å². The van der Waals surface area contributed by atoms with Crippen molar-refractivity contribution in [2.75, 3.05) is 0 Å². The highest BCUT2D eigenvalue weighted by Gasteiger charge is 2.23. The molecule has 0 fully saturated rings. The van der Waals surface area contributed by atoms with Crippen LogP contribution in [0.15, 0.2) is 271 Å². The number of amidine groups is 1. The smallest absolute Gasteiger partial charge is 0.160 e. The van der Waals surface area contributed by atoms with Gasteiger partial charge in [-0.05, 0) is 123 Å². The Morgan fingerprint density at radius 3 is 1.10 bits per heavy atom. The molecule has 84 heavy (non-hydrogen) atoms. The van der Waals surface area contributed by atoms with Crippen molar-refractivity contribution in [1.29, 1.82) is 0 Å². The Morgan fingerprint density at radius 1 is 0.262 bits per heavy atom. The van der Waals surface area contributed by atoms with E-state index < -0.39 is 0 Å². The molecule has 1 atom stereocenters. The third-order valence-electron chi connectivity index (χ3n) is 15.2. The van der Waals surface area contributed by atoms with Crippen molar-refractivity contribution in [2.24, 2.45) is 9.98 Å². The molecule has 406 valence electrons. The fourth-order valence-corrected chi connectivity index (χ4v) is 10.9. The summed E-state index contributed by atoms with van der Waals surface area (Å²) in [6.45, 7) is 12.7. The molecule has 1 aliphatic heterocycles. The normalized spacial score (nSPS) is 12.9. The zero-order valence-corrected chi connectivity index (χ0v) is 48.3. The molecule has 0 N–H and O–H groups in total. The highest BCUT2D eigenvalue weighted by atomic mass is 15.0. The van der Waals surface area contributed by atoms with Crippen LogP contribution < -0.4 is 0 Å². The largest absolute Gasteiger partial charge is 0.258 e. The van der Waals surface area contributed by atoms with Crippen molar-refractivity contribution in [3.8, 4) is 90.1 Å². The minimum Gasteiger partial charge on any atom is -0.258 e. The van der Waals surface area contributed by atoms with E-state index in [9.17, 15) is 0 Å². The second-order valence-electron chi connectivity index (χ2n) is 22.0. The Labute approximate surface area is 493 Å². The molecule has 3 heterocycles. The van der Waals surface area contributed by atoms with Crippen molar-refractivity contribution in [2.45, 2.75) is 54.0 Å². The standard InChI is InChI=1S/C42H36N4.C36H28N2/c1-27-10-5-14-31(20-27)37-25-38(32-15-6-11-28(2)21-32)44-41(43-37)35-18-9-19-36(24-35)42-45-39(33-16-7-12-29(3)22-33)26-40(46-42)34-17-8-13-30(4)23-34;1-25-11-9-17-29(19-25)31-21-32(30-18-10-12-26(2)20-30)23-33(22-31)36-37-34(27-13-5-3-6-14-27)24-35(38-36)28-15-7-4-8-16-28/h5-25,39H,26H2,1-4H3;3-24H,1-2H3. The number of hydrogen-bond donors (Lipinski definition) is 0. The van der Waals surface area contributed by atoms with E-state index in [1.54, 1.807) is 0 Å². The van der Waals surface area contributed by atoms with Crippen LogP contribution in [0.1, 0.15) is 62.5 Å². The molecular formula is C78H64N6. The highest BCUT2D eigenvalue weighted by molar-refractivity contribution is 6.14. The molecule has 6 nitrogen and oxygen atoms in total. The van der Waals surface area contributed by atoms with Gasteiger partial charge in [0.05, 0.1) is 34.5 Å². The maximum Gasteiger partial charge on any atom is 0.160 e. The molecule has 0 aliphatic carbocycles. The Balaban J connectivity index is 0.000000168. The van der Waals surface area contributed by atoms with Crippen LogP contribution in [0.2, 0.25) is 0 Å². The van der Waals surface area contributed by atoms with Crippen LogP contribution >= 0.6 is 0 Å². The lowest BCUT2D eigenvalue weighted by atomic mass is 9.94. The Kier molecular flexibility index (Phi) is 15.8. The first-order valence-electron chi connectivity index (χ1n) is 28.7. The first kappa shape index (κ1) is 54.3. The predicted molar refractivity (Wildman–Crippen MR) is 349 cm³/mol. The van der Waals surface area contributed by atoms with Crippen LogP contribution in [-0.2, 0) is 0 Å². The van der Waals surface area contributed by atoms with Gasteiger partial charge in [0.2, 0.25) is 0 Å². The van der Waals surface area contributed by atoms with E-state index in [2.05, 4.69) is 266 Å². The molecule has 1 unspecified atom stereocenters. The Morgan fingerprint density at radius 2 is 0.607 bits per heavy atom. The van der Waals surface area contributed by atoms with Crippen molar-refractivity contribution in [3.05, 3.63) is 311 Å². The number of rotatable bonds is 11. The quantitative estimate of drug-likeness (QED) is 0.129. The summed E-state index contributed by atoms with van der Waals surface area (Å²) in [5, 5.41) is 0. The molecule has 6 heteroatoms. The van der Waals surface area contributed by atoms with E-state index in [0.29, 0.717) is 11.6 Å². The SMILES string of the molecule is Cc1cccc(-c2cc(-c3cccc(C)c3)cc(-c3nc(-c4ccccc4)cc(-c4ccccc4)n3)c2)c1.Cc1cccc(C2=NC(c3cccc(-c4nc(-c5cccc(C)c5)cc(-c5cccc(C)c5)n4)c3)=NC(c3cccc(C)c3)C2)c1. The summed E-state index contributed by atoms with van der Waals surface area (Å²) in [6.07, 6.45) is 0.748. The summed E-state index contributed by atoms with van der Waals surface area (Å²) >= 11 is 0. The number of aliphatic imine (C=N–C) groups is 2. The Hall–Kier alpha value is -10.3. The minimum absolute atomic E-state index is 0.0274. The van der Waals surface area contributed by atoms with Crippen molar-refractivity contribution in [3.63, 3.8) is 0 Å². The summed E-state index contributed by atoms with van der Waals surface area (Å²) in [4.78, 5) is 30.8. The van der Waals surface area contributed by atoms with Gasteiger partial charge in [0.1, 0.15) is 0 Å². The summed E-state index contributed by atoms with van der Waals surface area (Å²) < 4.78 is 0. The monoisotopic (exact) mass is 1080 g/mol. The van der Waals surface area contributed by atoms with Gasteiger partial charge in [-0.15, -0.1) is 0 Å². The lowest BCUT2D eigenvalue weighted by Crippen LogP contribution is -2.17. The molecule has 10 aromatic carbocycles. The van der Waals surface area contributed by atoms with Gasteiger partial charge < -0.3 is 0 Å². The van der Waals surface area contributed by atoms with Gasteiger partial charge in [0.25, 0.3) is 0 Å². The third-order valence-corrected chi connectivity index (χ3v) is 15.2. The summed E-state index contributed by atoms with van der Waals surface area (Å²) in [5.74, 6) is 2.12. The van der Waals surface area contributed by atoms with Gasteiger partial charge in [-0.1, -0.05) is 246 Å². The number of hydrogen-bond acceptors (Lipinski definition) is 6. The van der Waals surface area contributed by atoms with Crippen molar-refractivity contribution < 1.29 is 0 Å². The van der Waals surface area contributed by atoms with Crippen LogP contribution in [0.3, 0.4) is 0 Å². The van der Waals surface area contributed by atoms with Gasteiger partial charge in [-0.3, -0.25) is 4.99 Å². The lowest BCUT2D eigenvalue weighted by molar-refractivity contribution is 0.752. The average Bonchev–Trinajstić information content (AvgIpc) is 3.60. The van der Waals surface area contributed by atoms with Crippen LogP contribution in [0.5, 0.6) is 0 Å². The molecule has 0 spiro atoms. The molecule has 1 aliphatic rings.